The molecule has 13 heteroatoms. The van der Waals surface area contributed by atoms with Crippen LogP contribution in [0.4, 0.5) is 8.78 Å². The Kier molecular flexibility index (Phi) is 9.95. The van der Waals surface area contributed by atoms with Crippen LogP contribution in [0.2, 0.25) is 0 Å². The van der Waals surface area contributed by atoms with E-state index in [1.165, 1.54) is 41.8 Å². The fourth-order valence-electron chi connectivity index (χ4n) is 5.93. The van der Waals surface area contributed by atoms with Crippen molar-refractivity contribution in [2.24, 2.45) is 5.92 Å². The monoisotopic (exact) mass is 676 g/mol. The molecule has 2 aromatic carbocycles. The Hall–Kier alpha value is -5.04. The number of aromatic nitrogens is 3. The van der Waals surface area contributed by atoms with Gasteiger partial charge in [0.25, 0.3) is 5.91 Å². The number of aryl methyl sites for hydroxylation is 1. The Balaban J connectivity index is 1.61. The number of halogens is 2. The molecule has 2 unspecified atom stereocenters. The average Bonchev–Trinajstić information content (AvgIpc) is 3.47. The summed E-state index contributed by atoms with van der Waals surface area (Å²) in [5, 5.41) is 17.6. The van der Waals surface area contributed by atoms with Crippen LogP contribution in [0.15, 0.2) is 30.3 Å². The molecule has 258 valence electrons. The number of hydrogen-bond acceptors (Lipinski definition) is 8. The van der Waals surface area contributed by atoms with Gasteiger partial charge in [-0.1, -0.05) is 6.07 Å². The van der Waals surface area contributed by atoms with Crippen LogP contribution in [0, 0.1) is 31.4 Å². The number of nitrogens with one attached hydrogen (secondary N) is 1. The zero-order chi connectivity index (χ0) is 35.8. The van der Waals surface area contributed by atoms with Crippen molar-refractivity contribution in [3.05, 3.63) is 81.2 Å². The lowest BCUT2D eigenvalue weighted by atomic mass is 9.91. The molecule has 0 bridgehead atoms. The molecule has 0 saturated heterocycles. The van der Waals surface area contributed by atoms with Gasteiger partial charge in [0.05, 0.1) is 23.8 Å². The van der Waals surface area contributed by atoms with Crippen LogP contribution in [-0.2, 0) is 38.5 Å². The zero-order valence-electron chi connectivity index (χ0n) is 28.1. The van der Waals surface area contributed by atoms with Gasteiger partial charge in [0.1, 0.15) is 17.9 Å². The number of hydrogen-bond donors (Lipinski definition) is 2. The fraction of sp³-hybridized carbons (Fsp3) is 0.389. The number of nitrogens with zero attached hydrogens (tertiary/aromatic N) is 3. The number of amides is 1. The number of Topliss-reactive ketones (excluding diaryl/α,β-unsaturated/α-hetero) is 1. The van der Waals surface area contributed by atoms with Crippen molar-refractivity contribution in [3.8, 4) is 17.0 Å². The molecule has 2 atom stereocenters. The number of rotatable bonds is 11. The van der Waals surface area contributed by atoms with Crippen LogP contribution in [0.5, 0.6) is 5.75 Å². The van der Waals surface area contributed by atoms with Crippen molar-refractivity contribution in [3.63, 3.8) is 0 Å². The first kappa shape index (κ1) is 35.3. The minimum Gasteiger partial charge on any atom is -0.490 e. The molecule has 49 heavy (non-hydrogen) atoms. The summed E-state index contributed by atoms with van der Waals surface area (Å²) in [5.74, 6) is -4.23. The Morgan fingerprint density at radius 1 is 1.14 bits per heavy atom. The lowest BCUT2D eigenvalue weighted by Crippen LogP contribution is -2.29. The summed E-state index contributed by atoms with van der Waals surface area (Å²) in [6.07, 6.45) is 0.0161. The molecule has 2 aromatic heterocycles. The number of aldehydes is 1. The van der Waals surface area contributed by atoms with Gasteiger partial charge in [-0.15, -0.1) is 0 Å². The molecule has 5 rings (SSSR count). The summed E-state index contributed by atoms with van der Waals surface area (Å²) in [6.45, 7) is 10.3. The third-order valence-electron chi connectivity index (χ3n) is 8.40. The molecular formula is C36H38F2N4O7. The number of ketones is 1. The largest absolute Gasteiger partial charge is 0.490 e. The SMILES string of the molecule is Cc1nc2cc(C(=O)NCc3ccc(F)cc3CC(=O)C(C)C=O)nn2c(-c2cc(F)c3c(c2C)CCCO3)c1C(OC(C)(C)C)C(=O)O. The number of carboxylic acids is 1. The van der Waals surface area contributed by atoms with Gasteiger partial charge in [-0.25, -0.2) is 23.1 Å². The maximum Gasteiger partial charge on any atom is 0.337 e. The second-order valence-electron chi connectivity index (χ2n) is 13.2. The molecule has 1 aliphatic heterocycles. The molecule has 4 aromatic rings. The minimum absolute atomic E-state index is 0.0809. The highest BCUT2D eigenvalue weighted by atomic mass is 19.1. The third-order valence-corrected chi connectivity index (χ3v) is 8.40. The minimum atomic E-state index is -1.52. The second-order valence-corrected chi connectivity index (χ2v) is 13.2. The van der Waals surface area contributed by atoms with E-state index in [4.69, 9.17) is 9.47 Å². The Morgan fingerprint density at radius 3 is 2.55 bits per heavy atom. The quantitative estimate of drug-likeness (QED) is 0.157. The molecule has 1 amide bonds. The van der Waals surface area contributed by atoms with Gasteiger partial charge < -0.3 is 24.7 Å². The van der Waals surface area contributed by atoms with Crippen molar-refractivity contribution >= 4 is 29.6 Å². The molecule has 11 nitrogen and oxygen atoms in total. The van der Waals surface area contributed by atoms with Gasteiger partial charge in [-0.05, 0) is 89.3 Å². The van der Waals surface area contributed by atoms with E-state index in [-0.39, 0.29) is 47.0 Å². The number of carbonyl (C=O) groups is 4. The van der Waals surface area contributed by atoms with Gasteiger partial charge in [0.15, 0.2) is 29.0 Å². The molecule has 1 aliphatic rings. The molecule has 0 saturated carbocycles. The zero-order valence-corrected chi connectivity index (χ0v) is 28.1. The predicted octanol–water partition coefficient (Wildman–Crippen LogP) is 5.43. The van der Waals surface area contributed by atoms with Crippen molar-refractivity contribution < 1.29 is 42.5 Å². The second kappa shape index (κ2) is 13.8. The number of fused-ring (bicyclic) bond motifs is 2. The standard InChI is InChI=1S/C36H38F2N4O7/c1-18(17-43)28(44)13-22-12-23(37)10-9-21(22)16-39-34(45)27-15-29-40-20(3)30(33(35(46)47)49-36(4,5)6)31(42(29)41-27)25-14-26(38)32-24(19(25)2)8-7-11-48-32/h9-10,12,14-15,17-18,33H,7-8,11,13,16H2,1-6H3,(H,39,45)(H,46,47). The molecular weight excluding hydrogens is 638 g/mol. The van der Waals surface area contributed by atoms with Crippen molar-refractivity contribution in [1.29, 1.82) is 0 Å². The number of carbonyl (C=O) groups excluding carboxylic acids is 3. The third kappa shape index (κ3) is 7.36. The van der Waals surface area contributed by atoms with Gasteiger partial charge in [-0.3, -0.25) is 9.59 Å². The van der Waals surface area contributed by atoms with E-state index in [1.54, 1.807) is 34.6 Å². The van der Waals surface area contributed by atoms with Gasteiger partial charge in [-0.2, -0.15) is 5.10 Å². The number of carboxylic acid groups (broad SMARTS) is 1. The summed E-state index contributed by atoms with van der Waals surface area (Å²) in [5.41, 5.74) is 2.30. The van der Waals surface area contributed by atoms with Gasteiger partial charge >= 0.3 is 5.97 Å². The average molecular weight is 677 g/mol. The summed E-state index contributed by atoms with van der Waals surface area (Å²) >= 11 is 0. The number of aliphatic carboxylic acids is 1. The highest BCUT2D eigenvalue weighted by Crippen LogP contribution is 2.41. The lowest BCUT2D eigenvalue weighted by Gasteiger charge is -2.28. The van der Waals surface area contributed by atoms with Crippen molar-refractivity contribution in [1.82, 2.24) is 19.9 Å². The van der Waals surface area contributed by atoms with E-state index >= 15 is 4.39 Å². The van der Waals surface area contributed by atoms with E-state index < -0.39 is 46.9 Å². The van der Waals surface area contributed by atoms with E-state index in [2.05, 4.69) is 15.4 Å². The van der Waals surface area contributed by atoms with E-state index in [0.29, 0.717) is 53.6 Å². The predicted molar refractivity (Wildman–Crippen MR) is 174 cm³/mol. The Labute approximate surface area is 281 Å². The normalized spacial score (nSPS) is 14.1. The van der Waals surface area contributed by atoms with Crippen LogP contribution < -0.4 is 10.1 Å². The van der Waals surface area contributed by atoms with Crippen molar-refractivity contribution in [2.45, 2.75) is 79.1 Å². The molecule has 0 fully saturated rings. The summed E-state index contributed by atoms with van der Waals surface area (Å²) in [4.78, 5) is 54.3. The summed E-state index contributed by atoms with van der Waals surface area (Å²) < 4.78 is 42.7. The van der Waals surface area contributed by atoms with Crippen LogP contribution in [-0.4, -0.2) is 55.9 Å². The molecule has 3 heterocycles. The number of benzene rings is 2. The first-order valence-corrected chi connectivity index (χ1v) is 15.9. The van der Waals surface area contributed by atoms with E-state index in [1.807, 2.05) is 0 Å². The summed E-state index contributed by atoms with van der Waals surface area (Å²) in [7, 11) is 0. The highest BCUT2D eigenvalue weighted by Gasteiger charge is 2.35. The highest BCUT2D eigenvalue weighted by molar-refractivity contribution is 5.95. The smallest absolute Gasteiger partial charge is 0.337 e. The van der Waals surface area contributed by atoms with Gasteiger partial charge in [0.2, 0.25) is 0 Å². The molecule has 0 aliphatic carbocycles. The molecule has 2 N–H and O–H groups in total. The van der Waals surface area contributed by atoms with Gasteiger partial charge in [0, 0.05) is 41.4 Å². The van der Waals surface area contributed by atoms with E-state index in [9.17, 15) is 28.7 Å². The summed E-state index contributed by atoms with van der Waals surface area (Å²) in [6, 6.07) is 6.53. The lowest BCUT2D eigenvalue weighted by molar-refractivity contribution is -0.160. The maximum absolute atomic E-state index is 15.6. The topological polar surface area (TPSA) is 149 Å². The van der Waals surface area contributed by atoms with E-state index in [0.717, 1.165) is 0 Å². The van der Waals surface area contributed by atoms with Crippen LogP contribution in [0.25, 0.3) is 16.9 Å². The van der Waals surface area contributed by atoms with Crippen LogP contribution in [0.1, 0.15) is 84.2 Å². The number of ether oxygens (including phenoxy) is 2. The van der Waals surface area contributed by atoms with Crippen LogP contribution >= 0.6 is 0 Å². The first-order chi connectivity index (χ1) is 23.1. The maximum atomic E-state index is 15.6. The molecule has 0 spiro atoms. The fourth-order valence-corrected chi connectivity index (χ4v) is 5.93. The van der Waals surface area contributed by atoms with Crippen LogP contribution in [0.3, 0.4) is 0 Å². The molecule has 0 radical (unpaired) electrons. The Morgan fingerprint density at radius 2 is 1.88 bits per heavy atom. The Bertz CT molecular complexity index is 1980. The first-order valence-electron chi connectivity index (χ1n) is 15.9. The van der Waals surface area contributed by atoms with Crippen molar-refractivity contribution in [2.75, 3.05) is 6.61 Å².